The molecule has 1 amide bonds. The van der Waals surface area contributed by atoms with Crippen LogP contribution in [0.2, 0.25) is 0 Å². The first-order valence-electron chi connectivity index (χ1n) is 9.75. The minimum Gasteiger partial charge on any atom is -0.337 e. The van der Waals surface area contributed by atoms with E-state index in [-0.39, 0.29) is 11.8 Å². The van der Waals surface area contributed by atoms with Crippen LogP contribution in [0.1, 0.15) is 50.5 Å². The van der Waals surface area contributed by atoms with Crippen LogP contribution in [-0.4, -0.2) is 43.8 Å². The lowest BCUT2D eigenvalue weighted by Gasteiger charge is -2.32. The van der Waals surface area contributed by atoms with Crippen LogP contribution in [0.5, 0.6) is 0 Å². The molecule has 1 atom stereocenters. The Morgan fingerprint density at radius 2 is 1.97 bits per heavy atom. The van der Waals surface area contributed by atoms with Gasteiger partial charge in [-0.2, -0.15) is 0 Å². The molecule has 1 fully saturated rings. The summed E-state index contributed by atoms with van der Waals surface area (Å²) < 4.78 is 0. The monoisotopic (exact) mass is 408 g/mol. The first-order chi connectivity index (χ1) is 14.0. The van der Waals surface area contributed by atoms with Gasteiger partial charge in [-0.05, 0) is 51.8 Å². The van der Waals surface area contributed by atoms with E-state index in [0.717, 1.165) is 52.0 Å². The van der Waals surface area contributed by atoms with Gasteiger partial charge in [0.1, 0.15) is 4.88 Å². The van der Waals surface area contributed by atoms with Crippen molar-refractivity contribution in [2.24, 2.45) is 0 Å². The van der Waals surface area contributed by atoms with Crippen molar-refractivity contribution in [2.45, 2.75) is 39.5 Å². The number of pyridine rings is 1. The number of hydrogen-bond acceptors (Lipinski definition) is 7. The fourth-order valence-corrected chi connectivity index (χ4v) is 4.63. The zero-order chi connectivity index (χ0) is 20.4. The summed E-state index contributed by atoms with van der Waals surface area (Å²) in [4.78, 5) is 33.4. The van der Waals surface area contributed by atoms with Crippen molar-refractivity contribution >= 4 is 28.9 Å². The number of amides is 1. The van der Waals surface area contributed by atoms with E-state index in [0.29, 0.717) is 12.5 Å². The molecule has 3 aromatic rings. The maximum Gasteiger partial charge on any atom is 0.265 e. The number of rotatable bonds is 4. The van der Waals surface area contributed by atoms with Crippen LogP contribution in [0.3, 0.4) is 0 Å². The van der Waals surface area contributed by atoms with Crippen molar-refractivity contribution in [1.82, 2.24) is 24.8 Å². The average Bonchev–Trinajstić information content (AvgIpc) is 3.06. The smallest absolute Gasteiger partial charge is 0.265 e. The Morgan fingerprint density at radius 1 is 1.17 bits per heavy atom. The van der Waals surface area contributed by atoms with Crippen LogP contribution in [0.4, 0.5) is 11.6 Å². The molecule has 1 aliphatic rings. The third-order valence-electron chi connectivity index (χ3n) is 5.02. The third kappa shape index (κ3) is 4.42. The summed E-state index contributed by atoms with van der Waals surface area (Å²) >= 11 is 1.48. The number of hydrogen-bond donors (Lipinski definition) is 1. The molecule has 7 nitrogen and oxygen atoms in total. The molecule has 1 N–H and O–H groups in total. The second-order valence-electron chi connectivity index (χ2n) is 7.36. The summed E-state index contributed by atoms with van der Waals surface area (Å²) in [6.07, 6.45) is 5.39. The Morgan fingerprint density at radius 3 is 2.69 bits per heavy atom. The van der Waals surface area contributed by atoms with Gasteiger partial charge >= 0.3 is 0 Å². The number of piperidine rings is 1. The number of thiazole rings is 1. The maximum absolute atomic E-state index is 13.0. The first kappa shape index (κ1) is 19.4. The van der Waals surface area contributed by atoms with Gasteiger partial charge in [0.2, 0.25) is 5.95 Å². The molecule has 0 aliphatic carbocycles. The summed E-state index contributed by atoms with van der Waals surface area (Å²) in [5, 5.41) is 4.17. The molecular formula is C21H24N6OS. The van der Waals surface area contributed by atoms with Gasteiger partial charge in [0.05, 0.1) is 10.7 Å². The highest BCUT2D eigenvalue weighted by Gasteiger charge is 2.28. The normalized spacial score (nSPS) is 16.7. The Kier molecular flexibility index (Phi) is 5.53. The van der Waals surface area contributed by atoms with E-state index in [1.54, 1.807) is 18.5 Å². The lowest BCUT2D eigenvalue weighted by atomic mass is 9.93. The van der Waals surface area contributed by atoms with Gasteiger partial charge in [0.15, 0.2) is 0 Å². The predicted molar refractivity (Wildman–Crippen MR) is 114 cm³/mol. The number of anilines is 2. The van der Waals surface area contributed by atoms with Crippen molar-refractivity contribution in [2.75, 3.05) is 18.4 Å². The Labute approximate surface area is 174 Å². The largest absolute Gasteiger partial charge is 0.337 e. The molecule has 1 saturated heterocycles. The van der Waals surface area contributed by atoms with Gasteiger partial charge in [-0.1, -0.05) is 0 Å². The van der Waals surface area contributed by atoms with Crippen molar-refractivity contribution in [1.29, 1.82) is 0 Å². The molecule has 4 rings (SSSR count). The molecule has 8 heteroatoms. The third-order valence-corrected chi connectivity index (χ3v) is 6.08. The topological polar surface area (TPSA) is 83.9 Å². The number of nitrogens with zero attached hydrogens (tertiary/aromatic N) is 5. The lowest BCUT2D eigenvalue weighted by molar-refractivity contribution is 0.0710. The molecule has 0 aromatic carbocycles. The Balaban J connectivity index is 1.53. The molecule has 3 aromatic heterocycles. The van der Waals surface area contributed by atoms with Crippen LogP contribution in [0, 0.1) is 20.8 Å². The second-order valence-corrected chi connectivity index (χ2v) is 8.56. The molecule has 150 valence electrons. The fourth-order valence-electron chi connectivity index (χ4n) is 3.74. The zero-order valence-electron chi connectivity index (χ0n) is 16.8. The first-order valence-corrected chi connectivity index (χ1v) is 10.6. The highest BCUT2D eigenvalue weighted by Crippen LogP contribution is 2.30. The SMILES string of the molecule is Cc1cc(Nc2ncccn2)cc(C2CCCN(C(=O)c3sc(C)nc3C)C2)n1. The van der Waals surface area contributed by atoms with E-state index < -0.39 is 0 Å². The minimum atomic E-state index is 0.0847. The molecule has 0 saturated carbocycles. The number of likely N-dealkylation sites (tertiary alicyclic amines) is 1. The van der Waals surface area contributed by atoms with E-state index in [4.69, 9.17) is 4.98 Å². The molecule has 0 radical (unpaired) electrons. The van der Waals surface area contributed by atoms with Crippen molar-refractivity contribution < 1.29 is 4.79 Å². The summed E-state index contributed by atoms with van der Waals surface area (Å²) in [6.45, 7) is 7.28. The predicted octanol–water partition coefficient (Wildman–Crippen LogP) is 4.02. The molecule has 29 heavy (non-hydrogen) atoms. The van der Waals surface area contributed by atoms with Crippen LogP contribution in [-0.2, 0) is 0 Å². The fraction of sp³-hybridized carbons (Fsp3) is 0.381. The molecule has 4 heterocycles. The van der Waals surface area contributed by atoms with Crippen LogP contribution >= 0.6 is 11.3 Å². The van der Waals surface area contributed by atoms with Gasteiger partial charge in [-0.25, -0.2) is 15.0 Å². The van der Waals surface area contributed by atoms with Gasteiger partial charge in [-0.3, -0.25) is 9.78 Å². The van der Waals surface area contributed by atoms with E-state index in [1.165, 1.54) is 11.3 Å². The van der Waals surface area contributed by atoms with Crippen LogP contribution in [0.25, 0.3) is 0 Å². The number of nitrogens with one attached hydrogen (secondary N) is 1. The van der Waals surface area contributed by atoms with Crippen molar-refractivity contribution in [3.05, 3.63) is 57.6 Å². The maximum atomic E-state index is 13.0. The summed E-state index contributed by atoms with van der Waals surface area (Å²) in [7, 11) is 0. The molecular weight excluding hydrogens is 384 g/mol. The van der Waals surface area contributed by atoms with Gasteiger partial charge in [0.25, 0.3) is 5.91 Å². The van der Waals surface area contributed by atoms with Crippen LogP contribution < -0.4 is 5.32 Å². The Bertz CT molecular complexity index is 1020. The van der Waals surface area contributed by atoms with Crippen molar-refractivity contribution in [3.63, 3.8) is 0 Å². The highest BCUT2D eigenvalue weighted by molar-refractivity contribution is 7.13. The quantitative estimate of drug-likeness (QED) is 0.702. The van der Waals surface area contributed by atoms with Gasteiger partial charge < -0.3 is 10.2 Å². The standard InChI is InChI=1S/C21H24N6OS/c1-13-10-17(26-21-22-7-5-8-23-21)11-18(24-13)16-6-4-9-27(12-16)20(28)19-14(2)25-15(3)29-19/h5,7-8,10-11,16H,4,6,9,12H2,1-3H3,(H,22,23,24,26). The van der Waals surface area contributed by atoms with Gasteiger partial charge in [0, 0.05) is 48.5 Å². The summed E-state index contributed by atoms with van der Waals surface area (Å²) in [5.41, 5.74) is 3.66. The van der Waals surface area contributed by atoms with Crippen LogP contribution in [0.15, 0.2) is 30.6 Å². The van der Waals surface area contributed by atoms with Gasteiger partial charge in [-0.15, -0.1) is 11.3 Å². The summed E-state index contributed by atoms with van der Waals surface area (Å²) in [6, 6.07) is 5.81. The average molecular weight is 409 g/mol. The van der Waals surface area contributed by atoms with E-state index in [1.807, 2.05) is 37.8 Å². The van der Waals surface area contributed by atoms with E-state index in [2.05, 4.69) is 20.3 Å². The lowest BCUT2D eigenvalue weighted by Crippen LogP contribution is -2.39. The second kappa shape index (κ2) is 8.24. The molecule has 0 bridgehead atoms. The van der Waals surface area contributed by atoms with Crippen molar-refractivity contribution in [3.8, 4) is 0 Å². The molecule has 1 aliphatic heterocycles. The van der Waals surface area contributed by atoms with E-state index >= 15 is 0 Å². The Hall–Kier alpha value is -2.87. The molecule has 0 spiro atoms. The number of carbonyl (C=O) groups is 1. The highest BCUT2D eigenvalue weighted by atomic mass is 32.1. The number of aryl methyl sites for hydroxylation is 3. The minimum absolute atomic E-state index is 0.0847. The van der Waals surface area contributed by atoms with E-state index in [9.17, 15) is 4.79 Å². The number of carbonyl (C=O) groups excluding carboxylic acids is 1. The summed E-state index contributed by atoms with van der Waals surface area (Å²) in [5.74, 6) is 0.848. The molecule has 1 unspecified atom stereocenters. The zero-order valence-corrected chi connectivity index (χ0v) is 17.7. The number of aromatic nitrogens is 4.